The van der Waals surface area contributed by atoms with Crippen LogP contribution in [0.2, 0.25) is 0 Å². The number of carbonyl (C=O) groups is 1. The highest BCUT2D eigenvalue weighted by Crippen LogP contribution is 2.29. The molecule has 0 saturated carbocycles. The molecular formula is C14H12FN5O. The van der Waals surface area contributed by atoms with E-state index >= 15 is 0 Å². The van der Waals surface area contributed by atoms with Crippen LogP contribution in [0.1, 0.15) is 10.4 Å². The molecule has 0 aliphatic heterocycles. The summed E-state index contributed by atoms with van der Waals surface area (Å²) in [7, 11) is 1.68. The molecule has 3 rings (SSSR count). The summed E-state index contributed by atoms with van der Waals surface area (Å²) in [5.41, 5.74) is 7.86. The maximum Gasteiger partial charge on any atom is 0.252 e. The molecule has 0 aliphatic rings. The number of fused-ring (bicyclic) bond motifs is 1. The van der Waals surface area contributed by atoms with Gasteiger partial charge in [-0.25, -0.2) is 8.91 Å². The van der Waals surface area contributed by atoms with Crippen LogP contribution in [-0.2, 0) is 0 Å². The van der Waals surface area contributed by atoms with Crippen molar-refractivity contribution >= 4 is 17.1 Å². The lowest BCUT2D eigenvalue weighted by atomic mass is 10.1. The van der Waals surface area contributed by atoms with E-state index in [0.29, 0.717) is 22.3 Å². The first-order chi connectivity index (χ1) is 10.1. The van der Waals surface area contributed by atoms with Gasteiger partial charge in [-0.05, 0) is 12.1 Å². The molecule has 0 saturated heterocycles. The smallest absolute Gasteiger partial charge is 0.252 e. The molecule has 3 aromatic heterocycles. The van der Waals surface area contributed by atoms with Crippen molar-refractivity contribution < 1.29 is 9.18 Å². The number of carbonyl (C=O) groups excluding carboxylic acids is 1. The maximum absolute atomic E-state index is 13.8. The van der Waals surface area contributed by atoms with Crippen molar-refractivity contribution in [2.75, 3.05) is 12.4 Å². The van der Waals surface area contributed by atoms with Crippen molar-refractivity contribution in [3.63, 3.8) is 0 Å². The molecule has 3 heterocycles. The van der Waals surface area contributed by atoms with Gasteiger partial charge in [0.2, 0.25) is 0 Å². The third-order valence-corrected chi connectivity index (χ3v) is 3.24. The quantitative estimate of drug-likeness (QED) is 0.766. The van der Waals surface area contributed by atoms with Gasteiger partial charge in [-0.3, -0.25) is 9.78 Å². The average molecular weight is 285 g/mol. The van der Waals surface area contributed by atoms with E-state index in [4.69, 9.17) is 5.73 Å². The van der Waals surface area contributed by atoms with Gasteiger partial charge in [-0.2, -0.15) is 5.10 Å². The SMILES string of the molecule is CNc1c(C(N)=O)cnn2cc(-c3ccncc3F)cc12. The second-order valence-electron chi connectivity index (χ2n) is 4.46. The number of pyridine rings is 1. The minimum Gasteiger partial charge on any atom is -0.386 e. The Bertz CT molecular complexity index is 842. The van der Waals surface area contributed by atoms with Gasteiger partial charge in [0.05, 0.1) is 29.2 Å². The van der Waals surface area contributed by atoms with E-state index in [0.717, 1.165) is 6.20 Å². The van der Waals surface area contributed by atoms with Crippen LogP contribution in [0.4, 0.5) is 10.1 Å². The molecule has 3 N–H and O–H groups in total. The number of nitrogens with one attached hydrogen (secondary N) is 1. The van der Waals surface area contributed by atoms with E-state index in [9.17, 15) is 9.18 Å². The minimum absolute atomic E-state index is 0.282. The average Bonchev–Trinajstić information content (AvgIpc) is 2.90. The lowest BCUT2D eigenvalue weighted by molar-refractivity contribution is 0.100. The van der Waals surface area contributed by atoms with Gasteiger partial charge in [0.25, 0.3) is 5.91 Å². The third kappa shape index (κ3) is 2.08. The lowest BCUT2D eigenvalue weighted by Crippen LogP contribution is -2.15. The van der Waals surface area contributed by atoms with Gasteiger partial charge in [0.1, 0.15) is 5.82 Å². The fraction of sp³-hybridized carbons (Fsp3) is 0.0714. The number of anilines is 1. The van der Waals surface area contributed by atoms with Crippen molar-refractivity contribution in [2.24, 2.45) is 5.73 Å². The second kappa shape index (κ2) is 4.86. The van der Waals surface area contributed by atoms with E-state index in [1.165, 1.54) is 12.4 Å². The molecule has 1 amide bonds. The van der Waals surface area contributed by atoms with Gasteiger partial charge in [0, 0.05) is 30.6 Å². The molecular weight excluding hydrogens is 273 g/mol. The highest BCUT2D eigenvalue weighted by atomic mass is 19.1. The van der Waals surface area contributed by atoms with E-state index < -0.39 is 11.7 Å². The number of hydrogen-bond acceptors (Lipinski definition) is 4. The summed E-state index contributed by atoms with van der Waals surface area (Å²) in [6.07, 6.45) is 5.73. The maximum atomic E-state index is 13.8. The van der Waals surface area contributed by atoms with Crippen LogP contribution in [0.3, 0.4) is 0 Å². The predicted octanol–water partition coefficient (Wildman–Crippen LogP) is 1.68. The molecule has 0 unspecified atom stereocenters. The van der Waals surface area contributed by atoms with Crippen LogP contribution in [-0.4, -0.2) is 27.6 Å². The number of nitrogens with two attached hydrogens (primary N) is 1. The topological polar surface area (TPSA) is 85.3 Å². The minimum atomic E-state index is -0.577. The molecule has 21 heavy (non-hydrogen) atoms. The molecule has 3 aromatic rings. The summed E-state index contributed by atoms with van der Waals surface area (Å²) in [5.74, 6) is -0.998. The molecule has 0 aliphatic carbocycles. The first-order valence-corrected chi connectivity index (χ1v) is 6.20. The van der Waals surface area contributed by atoms with Crippen molar-refractivity contribution in [1.82, 2.24) is 14.6 Å². The summed E-state index contributed by atoms with van der Waals surface area (Å²) in [6, 6.07) is 3.32. The molecule has 106 valence electrons. The molecule has 0 fully saturated rings. The fourth-order valence-corrected chi connectivity index (χ4v) is 2.26. The lowest BCUT2D eigenvalue weighted by Gasteiger charge is -2.07. The first kappa shape index (κ1) is 13.0. The first-order valence-electron chi connectivity index (χ1n) is 6.20. The largest absolute Gasteiger partial charge is 0.386 e. The Hall–Kier alpha value is -2.96. The Labute approximate surface area is 119 Å². The monoisotopic (exact) mass is 285 g/mol. The Kier molecular flexibility index (Phi) is 3.02. The van der Waals surface area contributed by atoms with Gasteiger partial charge in [-0.15, -0.1) is 0 Å². The highest BCUT2D eigenvalue weighted by molar-refractivity contribution is 6.02. The Balaban J connectivity index is 2.26. The molecule has 6 nitrogen and oxygen atoms in total. The van der Waals surface area contributed by atoms with Gasteiger partial charge >= 0.3 is 0 Å². The predicted molar refractivity (Wildman–Crippen MR) is 76.4 cm³/mol. The van der Waals surface area contributed by atoms with E-state index in [1.54, 1.807) is 29.9 Å². The number of nitrogens with zero attached hydrogens (tertiary/aromatic N) is 3. The van der Waals surface area contributed by atoms with Crippen LogP contribution < -0.4 is 11.1 Å². The normalized spacial score (nSPS) is 10.8. The number of aromatic nitrogens is 3. The summed E-state index contributed by atoms with van der Waals surface area (Å²) in [6.45, 7) is 0. The number of primary amides is 1. The number of amides is 1. The van der Waals surface area contributed by atoms with Gasteiger partial charge in [0.15, 0.2) is 0 Å². The van der Waals surface area contributed by atoms with E-state index in [2.05, 4.69) is 15.4 Å². The summed E-state index contributed by atoms with van der Waals surface area (Å²) in [4.78, 5) is 15.1. The molecule has 0 aromatic carbocycles. The Morgan fingerprint density at radius 1 is 1.43 bits per heavy atom. The van der Waals surface area contributed by atoms with Crippen LogP contribution in [0, 0.1) is 5.82 Å². The molecule has 0 bridgehead atoms. The van der Waals surface area contributed by atoms with E-state index in [1.807, 2.05) is 0 Å². The summed E-state index contributed by atoms with van der Waals surface area (Å²) in [5, 5.41) is 7.06. The summed E-state index contributed by atoms with van der Waals surface area (Å²) < 4.78 is 15.4. The zero-order chi connectivity index (χ0) is 15.0. The highest BCUT2D eigenvalue weighted by Gasteiger charge is 2.15. The second-order valence-corrected chi connectivity index (χ2v) is 4.46. The zero-order valence-electron chi connectivity index (χ0n) is 11.2. The number of hydrogen-bond donors (Lipinski definition) is 2. The molecule has 7 heteroatoms. The third-order valence-electron chi connectivity index (χ3n) is 3.24. The Morgan fingerprint density at radius 2 is 2.24 bits per heavy atom. The van der Waals surface area contributed by atoms with Crippen molar-refractivity contribution in [3.8, 4) is 11.1 Å². The van der Waals surface area contributed by atoms with Crippen LogP contribution >= 0.6 is 0 Å². The summed E-state index contributed by atoms with van der Waals surface area (Å²) >= 11 is 0. The molecule has 0 radical (unpaired) electrons. The van der Waals surface area contributed by atoms with Gasteiger partial charge < -0.3 is 11.1 Å². The standard InChI is InChI=1S/C14H12FN5O/c1-17-13-10(14(16)21)5-19-20-7-8(4-12(13)20)9-2-3-18-6-11(9)15/h2-7,17H,1H3,(H2,16,21). The number of rotatable bonds is 3. The van der Waals surface area contributed by atoms with Crippen molar-refractivity contribution in [3.05, 3.63) is 48.3 Å². The van der Waals surface area contributed by atoms with Gasteiger partial charge in [-0.1, -0.05) is 0 Å². The number of halogens is 1. The fourth-order valence-electron chi connectivity index (χ4n) is 2.26. The van der Waals surface area contributed by atoms with Crippen molar-refractivity contribution in [2.45, 2.75) is 0 Å². The van der Waals surface area contributed by atoms with E-state index in [-0.39, 0.29) is 5.56 Å². The molecule has 0 atom stereocenters. The van der Waals surface area contributed by atoms with Crippen LogP contribution in [0.25, 0.3) is 16.6 Å². The van der Waals surface area contributed by atoms with Crippen LogP contribution in [0.15, 0.2) is 36.9 Å². The Morgan fingerprint density at radius 3 is 2.90 bits per heavy atom. The zero-order valence-corrected chi connectivity index (χ0v) is 11.2. The van der Waals surface area contributed by atoms with Crippen molar-refractivity contribution in [1.29, 1.82) is 0 Å². The molecule has 0 spiro atoms. The van der Waals surface area contributed by atoms with Crippen LogP contribution in [0.5, 0.6) is 0 Å².